The second-order valence-corrected chi connectivity index (χ2v) is 3.40. The summed E-state index contributed by atoms with van der Waals surface area (Å²) in [7, 11) is 0. The van der Waals surface area contributed by atoms with Crippen molar-refractivity contribution in [3.63, 3.8) is 0 Å². The summed E-state index contributed by atoms with van der Waals surface area (Å²) in [6.07, 6.45) is 1.67. The third-order valence-corrected chi connectivity index (χ3v) is 2.20. The molecule has 1 rings (SSSR count). The number of anilines is 1. The third-order valence-electron chi connectivity index (χ3n) is 2.20. The molecule has 90 valence electrons. The van der Waals surface area contributed by atoms with Gasteiger partial charge in [-0.05, 0) is 12.1 Å². The van der Waals surface area contributed by atoms with E-state index < -0.39 is 0 Å². The van der Waals surface area contributed by atoms with E-state index in [1.165, 1.54) is 0 Å². The van der Waals surface area contributed by atoms with Gasteiger partial charge in [0.2, 0.25) is 0 Å². The van der Waals surface area contributed by atoms with Crippen LogP contribution in [0.5, 0.6) is 0 Å². The molecular formula is C10H18N4O2. The molecule has 1 aromatic heterocycles. The van der Waals surface area contributed by atoms with Crippen LogP contribution in [-0.4, -0.2) is 46.4 Å². The molecule has 1 heterocycles. The Kier molecular flexibility index (Phi) is 5.73. The minimum atomic E-state index is 0.0643. The van der Waals surface area contributed by atoms with E-state index >= 15 is 0 Å². The Morgan fingerprint density at radius 2 is 2.00 bits per heavy atom. The van der Waals surface area contributed by atoms with E-state index in [0.29, 0.717) is 19.6 Å². The van der Waals surface area contributed by atoms with Gasteiger partial charge in [-0.25, -0.2) is 0 Å². The highest BCUT2D eigenvalue weighted by molar-refractivity contribution is 5.41. The van der Waals surface area contributed by atoms with Gasteiger partial charge in [0.15, 0.2) is 0 Å². The molecule has 0 bridgehead atoms. The highest BCUT2D eigenvalue weighted by Gasteiger charge is 2.05. The first-order valence-electron chi connectivity index (χ1n) is 5.15. The van der Waals surface area contributed by atoms with Crippen molar-refractivity contribution in [2.45, 2.75) is 6.54 Å². The molecule has 5 N–H and O–H groups in total. The predicted octanol–water partition coefficient (Wildman–Crippen LogP) is -0.846. The largest absolute Gasteiger partial charge is 0.395 e. The van der Waals surface area contributed by atoms with Crippen LogP contribution < -0.4 is 11.3 Å². The number of hydrazine groups is 1. The van der Waals surface area contributed by atoms with Crippen molar-refractivity contribution < 1.29 is 10.2 Å². The van der Waals surface area contributed by atoms with E-state index in [9.17, 15) is 0 Å². The van der Waals surface area contributed by atoms with E-state index in [-0.39, 0.29) is 13.2 Å². The van der Waals surface area contributed by atoms with Gasteiger partial charge in [-0.1, -0.05) is 0 Å². The molecule has 0 fully saturated rings. The molecule has 1 aromatic rings. The van der Waals surface area contributed by atoms with Gasteiger partial charge in [-0.15, -0.1) is 0 Å². The van der Waals surface area contributed by atoms with Crippen molar-refractivity contribution in [1.29, 1.82) is 0 Å². The van der Waals surface area contributed by atoms with Crippen LogP contribution >= 0.6 is 0 Å². The number of nitrogens with zero attached hydrogens (tertiary/aromatic N) is 2. The molecule has 0 aliphatic carbocycles. The normalized spacial score (nSPS) is 10.8. The zero-order valence-electron chi connectivity index (χ0n) is 9.13. The topological polar surface area (TPSA) is 94.6 Å². The first-order chi connectivity index (χ1) is 7.80. The highest BCUT2D eigenvalue weighted by Crippen LogP contribution is 2.08. The number of nitrogen functional groups attached to an aromatic ring is 1. The number of aliphatic hydroxyl groups excluding tert-OH is 2. The number of hydrogen-bond donors (Lipinski definition) is 4. The summed E-state index contributed by atoms with van der Waals surface area (Å²) in [5.41, 5.74) is 4.18. The van der Waals surface area contributed by atoms with Crippen molar-refractivity contribution in [2.24, 2.45) is 5.84 Å². The molecule has 0 unspecified atom stereocenters. The lowest BCUT2D eigenvalue weighted by Crippen LogP contribution is -2.29. The Labute approximate surface area is 94.7 Å². The van der Waals surface area contributed by atoms with Crippen LogP contribution in [0.25, 0.3) is 0 Å². The summed E-state index contributed by atoms with van der Waals surface area (Å²) in [6.45, 7) is 1.74. The Bertz CT molecular complexity index is 303. The van der Waals surface area contributed by atoms with Gasteiger partial charge < -0.3 is 15.6 Å². The average Bonchev–Trinajstić information content (AvgIpc) is 2.30. The minimum absolute atomic E-state index is 0.0643. The average molecular weight is 226 g/mol. The van der Waals surface area contributed by atoms with Crippen LogP contribution in [0.15, 0.2) is 18.3 Å². The fraction of sp³-hybridized carbons (Fsp3) is 0.500. The monoisotopic (exact) mass is 226 g/mol. The van der Waals surface area contributed by atoms with Gasteiger partial charge in [0.05, 0.1) is 24.6 Å². The fourth-order valence-corrected chi connectivity index (χ4v) is 1.44. The molecule has 0 aliphatic heterocycles. The quantitative estimate of drug-likeness (QED) is 0.357. The molecule has 0 aliphatic rings. The van der Waals surface area contributed by atoms with Crippen molar-refractivity contribution in [1.82, 2.24) is 9.88 Å². The molecule has 0 aromatic carbocycles. The van der Waals surface area contributed by atoms with Crippen LogP contribution in [0, 0.1) is 0 Å². The maximum Gasteiger partial charge on any atom is 0.0565 e. The minimum Gasteiger partial charge on any atom is -0.395 e. The fourth-order valence-electron chi connectivity index (χ4n) is 1.44. The second kappa shape index (κ2) is 7.13. The smallest absolute Gasteiger partial charge is 0.0565 e. The number of pyridine rings is 1. The van der Waals surface area contributed by atoms with Crippen LogP contribution in [0.1, 0.15) is 5.69 Å². The summed E-state index contributed by atoms with van der Waals surface area (Å²) in [5, 5.41) is 17.7. The molecule has 16 heavy (non-hydrogen) atoms. The summed E-state index contributed by atoms with van der Waals surface area (Å²) in [4.78, 5) is 6.11. The molecule has 0 atom stereocenters. The summed E-state index contributed by atoms with van der Waals surface area (Å²) in [5.74, 6) is 5.30. The van der Waals surface area contributed by atoms with Crippen molar-refractivity contribution in [3.8, 4) is 0 Å². The number of rotatable bonds is 7. The molecule has 0 saturated carbocycles. The van der Waals surface area contributed by atoms with Gasteiger partial charge in [-0.2, -0.15) is 0 Å². The lowest BCUT2D eigenvalue weighted by atomic mass is 10.3. The first-order valence-corrected chi connectivity index (χ1v) is 5.15. The standard InChI is InChI=1S/C10H18N4O2/c11-13-9-1-2-12-10(7-9)8-14(3-5-15)4-6-16/h1-2,7,15-16H,3-6,8,11H2,(H,12,13). The van der Waals surface area contributed by atoms with Crippen LogP contribution in [0.3, 0.4) is 0 Å². The van der Waals surface area contributed by atoms with Gasteiger partial charge >= 0.3 is 0 Å². The molecule has 0 spiro atoms. The van der Waals surface area contributed by atoms with E-state index in [1.807, 2.05) is 11.0 Å². The SMILES string of the molecule is NNc1ccnc(CN(CCO)CCO)c1. The summed E-state index contributed by atoms with van der Waals surface area (Å²) in [6, 6.07) is 3.60. The first kappa shape index (κ1) is 12.9. The van der Waals surface area contributed by atoms with E-state index in [1.54, 1.807) is 12.3 Å². The molecule has 6 heteroatoms. The van der Waals surface area contributed by atoms with Crippen LogP contribution in [0.2, 0.25) is 0 Å². The van der Waals surface area contributed by atoms with Gasteiger partial charge in [-0.3, -0.25) is 15.7 Å². The van der Waals surface area contributed by atoms with E-state index in [0.717, 1.165) is 11.4 Å². The number of nitrogens with one attached hydrogen (secondary N) is 1. The van der Waals surface area contributed by atoms with Crippen molar-refractivity contribution in [2.75, 3.05) is 31.7 Å². The van der Waals surface area contributed by atoms with Crippen LogP contribution in [-0.2, 0) is 6.54 Å². The second-order valence-electron chi connectivity index (χ2n) is 3.40. The Morgan fingerprint density at radius 1 is 1.31 bits per heavy atom. The number of aromatic nitrogens is 1. The van der Waals surface area contributed by atoms with E-state index in [2.05, 4.69) is 10.4 Å². The third kappa shape index (κ3) is 4.11. The molecule has 0 saturated heterocycles. The maximum atomic E-state index is 8.87. The lowest BCUT2D eigenvalue weighted by molar-refractivity contribution is 0.154. The Morgan fingerprint density at radius 3 is 2.56 bits per heavy atom. The number of aliphatic hydroxyl groups is 2. The zero-order valence-corrected chi connectivity index (χ0v) is 9.13. The molecule has 6 nitrogen and oxygen atoms in total. The molecular weight excluding hydrogens is 208 g/mol. The highest BCUT2D eigenvalue weighted by atomic mass is 16.3. The predicted molar refractivity (Wildman–Crippen MR) is 61.5 cm³/mol. The zero-order chi connectivity index (χ0) is 11.8. The van der Waals surface area contributed by atoms with Crippen LogP contribution in [0.4, 0.5) is 5.69 Å². The maximum absolute atomic E-state index is 8.87. The van der Waals surface area contributed by atoms with Crippen molar-refractivity contribution in [3.05, 3.63) is 24.0 Å². The Hall–Kier alpha value is -1.21. The van der Waals surface area contributed by atoms with Gasteiger partial charge in [0.1, 0.15) is 0 Å². The number of hydrogen-bond acceptors (Lipinski definition) is 6. The number of nitrogens with two attached hydrogens (primary N) is 1. The molecule has 0 amide bonds. The summed E-state index contributed by atoms with van der Waals surface area (Å²) >= 11 is 0. The molecule has 0 radical (unpaired) electrons. The summed E-state index contributed by atoms with van der Waals surface area (Å²) < 4.78 is 0. The Balaban J connectivity index is 2.60. The van der Waals surface area contributed by atoms with Gasteiger partial charge in [0.25, 0.3) is 0 Å². The van der Waals surface area contributed by atoms with E-state index in [4.69, 9.17) is 16.1 Å². The lowest BCUT2D eigenvalue weighted by Gasteiger charge is -2.19. The van der Waals surface area contributed by atoms with Crippen molar-refractivity contribution >= 4 is 5.69 Å². The van der Waals surface area contributed by atoms with Gasteiger partial charge in [0, 0.05) is 25.8 Å².